The maximum atomic E-state index is 12.0. The third-order valence-corrected chi connectivity index (χ3v) is 3.31. The van der Waals surface area contributed by atoms with Crippen LogP contribution in [-0.4, -0.2) is 28.9 Å². The fourth-order valence-electron chi connectivity index (χ4n) is 1.82. The monoisotopic (exact) mass is 225 g/mol. The summed E-state index contributed by atoms with van der Waals surface area (Å²) in [6, 6.07) is 0. The molecule has 1 aliphatic heterocycles. The largest absolute Gasteiger partial charge is 0.375 e. The Bertz CT molecular complexity index is 342. The van der Waals surface area contributed by atoms with Gasteiger partial charge in [0.15, 0.2) is 5.13 Å². The van der Waals surface area contributed by atoms with Gasteiger partial charge in [-0.1, -0.05) is 12.8 Å². The molecule has 2 heterocycles. The van der Waals surface area contributed by atoms with E-state index in [0.29, 0.717) is 10.8 Å². The topological polar surface area (TPSA) is 59.2 Å². The van der Waals surface area contributed by atoms with Gasteiger partial charge in [0.05, 0.1) is 0 Å². The van der Waals surface area contributed by atoms with Crippen molar-refractivity contribution < 1.29 is 4.79 Å². The molecule has 15 heavy (non-hydrogen) atoms. The molecule has 1 amide bonds. The standard InChI is InChI=1S/C10H15N3OS/c11-10-12-8(7-15-10)9(14)13-5-3-1-2-4-6-13/h7H,1-6H2,(H2,11,12). The fourth-order valence-corrected chi connectivity index (χ4v) is 2.36. The second kappa shape index (κ2) is 4.61. The van der Waals surface area contributed by atoms with Crippen LogP contribution in [0.1, 0.15) is 36.2 Å². The Balaban J connectivity index is 2.06. The molecule has 1 saturated heterocycles. The number of likely N-dealkylation sites (tertiary alicyclic amines) is 1. The van der Waals surface area contributed by atoms with E-state index in [0.717, 1.165) is 25.9 Å². The van der Waals surface area contributed by atoms with E-state index >= 15 is 0 Å². The van der Waals surface area contributed by atoms with E-state index in [2.05, 4.69) is 4.98 Å². The van der Waals surface area contributed by atoms with Crippen molar-refractivity contribution in [2.75, 3.05) is 18.8 Å². The number of hydrogen-bond acceptors (Lipinski definition) is 4. The van der Waals surface area contributed by atoms with Crippen molar-refractivity contribution in [1.29, 1.82) is 0 Å². The zero-order valence-electron chi connectivity index (χ0n) is 8.61. The van der Waals surface area contributed by atoms with E-state index in [4.69, 9.17) is 5.73 Å². The van der Waals surface area contributed by atoms with Crippen LogP contribution in [0.2, 0.25) is 0 Å². The van der Waals surface area contributed by atoms with Crippen molar-refractivity contribution >= 4 is 22.4 Å². The average Bonchev–Trinajstić information content (AvgIpc) is 2.53. The summed E-state index contributed by atoms with van der Waals surface area (Å²) in [6.45, 7) is 1.71. The van der Waals surface area contributed by atoms with E-state index in [9.17, 15) is 4.79 Å². The van der Waals surface area contributed by atoms with Crippen molar-refractivity contribution in [2.24, 2.45) is 0 Å². The molecule has 1 fully saturated rings. The first-order chi connectivity index (χ1) is 7.27. The van der Waals surface area contributed by atoms with Crippen LogP contribution in [0.3, 0.4) is 0 Å². The van der Waals surface area contributed by atoms with Crippen molar-refractivity contribution in [2.45, 2.75) is 25.7 Å². The summed E-state index contributed by atoms with van der Waals surface area (Å²) in [5.74, 6) is 0.0323. The molecule has 0 unspecified atom stereocenters. The van der Waals surface area contributed by atoms with Gasteiger partial charge in [-0.15, -0.1) is 11.3 Å². The third kappa shape index (κ3) is 2.47. The van der Waals surface area contributed by atoms with E-state index in [1.807, 2.05) is 4.90 Å². The van der Waals surface area contributed by atoms with Crippen LogP contribution in [0.25, 0.3) is 0 Å². The van der Waals surface area contributed by atoms with Crippen LogP contribution >= 0.6 is 11.3 Å². The van der Waals surface area contributed by atoms with Crippen molar-refractivity contribution in [3.63, 3.8) is 0 Å². The minimum atomic E-state index is 0.0323. The maximum Gasteiger partial charge on any atom is 0.273 e. The second-order valence-electron chi connectivity index (χ2n) is 3.78. The molecule has 0 radical (unpaired) electrons. The zero-order chi connectivity index (χ0) is 10.7. The smallest absolute Gasteiger partial charge is 0.273 e. The molecule has 2 rings (SSSR count). The second-order valence-corrected chi connectivity index (χ2v) is 4.67. The average molecular weight is 225 g/mol. The number of amides is 1. The molecule has 0 bridgehead atoms. The minimum absolute atomic E-state index is 0.0323. The number of nitrogen functional groups attached to an aromatic ring is 1. The van der Waals surface area contributed by atoms with Crippen LogP contribution in [0.5, 0.6) is 0 Å². The molecule has 0 spiro atoms. The van der Waals surface area contributed by atoms with Gasteiger partial charge in [0.25, 0.3) is 5.91 Å². The summed E-state index contributed by atoms with van der Waals surface area (Å²) in [5, 5.41) is 2.20. The quantitative estimate of drug-likeness (QED) is 0.792. The Morgan fingerprint density at radius 2 is 2.00 bits per heavy atom. The summed E-state index contributed by atoms with van der Waals surface area (Å²) in [7, 11) is 0. The number of anilines is 1. The highest BCUT2D eigenvalue weighted by Crippen LogP contribution is 2.16. The van der Waals surface area contributed by atoms with Crippen LogP contribution in [0, 0.1) is 0 Å². The van der Waals surface area contributed by atoms with Gasteiger partial charge in [0.2, 0.25) is 0 Å². The van der Waals surface area contributed by atoms with E-state index in [-0.39, 0.29) is 5.91 Å². The molecule has 82 valence electrons. The summed E-state index contributed by atoms with van der Waals surface area (Å²) >= 11 is 1.32. The van der Waals surface area contributed by atoms with Crippen LogP contribution in [0.15, 0.2) is 5.38 Å². The molecule has 1 aromatic rings. The number of thiazole rings is 1. The Labute approximate surface area is 93.1 Å². The molecule has 0 atom stereocenters. The SMILES string of the molecule is Nc1nc(C(=O)N2CCCCCC2)cs1. The predicted octanol–water partition coefficient (Wildman–Crippen LogP) is 1.74. The van der Waals surface area contributed by atoms with Crippen molar-refractivity contribution in [3.8, 4) is 0 Å². The molecular formula is C10H15N3OS. The maximum absolute atomic E-state index is 12.0. The number of nitrogens with zero attached hydrogens (tertiary/aromatic N) is 2. The zero-order valence-corrected chi connectivity index (χ0v) is 9.42. The van der Waals surface area contributed by atoms with Gasteiger partial charge in [0, 0.05) is 18.5 Å². The highest BCUT2D eigenvalue weighted by atomic mass is 32.1. The number of aromatic nitrogens is 1. The van der Waals surface area contributed by atoms with Gasteiger partial charge in [-0.3, -0.25) is 4.79 Å². The van der Waals surface area contributed by atoms with E-state index in [1.165, 1.54) is 24.2 Å². The first-order valence-electron chi connectivity index (χ1n) is 5.27. The molecule has 1 aliphatic rings. The number of nitrogens with two attached hydrogens (primary N) is 1. The molecule has 4 nitrogen and oxygen atoms in total. The summed E-state index contributed by atoms with van der Waals surface area (Å²) < 4.78 is 0. The van der Waals surface area contributed by atoms with Crippen LogP contribution < -0.4 is 5.73 Å². The van der Waals surface area contributed by atoms with Crippen LogP contribution in [0.4, 0.5) is 5.13 Å². The lowest BCUT2D eigenvalue weighted by Gasteiger charge is -2.18. The van der Waals surface area contributed by atoms with Crippen LogP contribution in [-0.2, 0) is 0 Å². The number of carbonyl (C=O) groups excluding carboxylic acids is 1. The number of carbonyl (C=O) groups is 1. The lowest BCUT2D eigenvalue weighted by atomic mass is 10.2. The Morgan fingerprint density at radius 1 is 1.33 bits per heavy atom. The van der Waals surface area contributed by atoms with Gasteiger partial charge >= 0.3 is 0 Å². The fraction of sp³-hybridized carbons (Fsp3) is 0.600. The molecule has 5 heteroatoms. The Hall–Kier alpha value is -1.10. The summed E-state index contributed by atoms with van der Waals surface area (Å²) in [6.07, 6.45) is 4.66. The van der Waals surface area contributed by atoms with Gasteiger partial charge in [-0.05, 0) is 12.8 Å². The molecule has 0 aliphatic carbocycles. The Kier molecular flexibility index (Phi) is 3.20. The summed E-state index contributed by atoms with van der Waals surface area (Å²) in [5.41, 5.74) is 6.01. The lowest BCUT2D eigenvalue weighted by molar-refractivity contribution is 0.0756. The van der Waals surface area contributed by atoms with Gasteiger partial charge in [-0.25, -0.2) is 4.98 Å². The molecule has 1 aromatic heterocycles. The summed E-state index contributed by atoms with van der Waals surface area (Å²) in [4.78, 5) is 17.9. The van der Waals surface area contributed by atoms with Gasteiger partial charge in [-0.2, -0.15) is 0 Å². The number of hydrogen-bond donors (Lipinski definition) is 1. The van der Waals surface area contributed by atoms with Gasteiger partial charge < -0.3 is 10.6 Å². The first-order valence-corrected chi connectivity index (χ1v) is 6.15. The molecule has 0 saturated carbocycles. The molecular weight excluding hydrogens is 210 g/mol. The first kappa shape index (κ1) is 10.4. The van der Waals surface area contributed by atoms with E-state index in [1.54, 1.807) is 5.38 Å². The lowest BCUT2D eigenvalue weighted by Crippen LogP contribution is -2.32. The normalized spacial score (nSPS) is 17.5. The van der Waals surface area contributed by atoms with E-state index < -0.39 is 0 Å². The molecule has 0 aromatic carbocycles. The minimum Gasteiger partial charge on any atom is -0.375 e. The Morgan fingerprint density at radius 3 is 2.53 bits per heavy atom. The number of rotatable bonds is 1. The predicted molar refractivity (Wildman–Crippen MR) is 60.9 cm³/mol. The van der Waals surface area contributed by atoms with Crippen molar-refractivity contribution in [3.05, 3.63) is 11.1 Å². The highest BCUT2D eigenvalue weighted by Gasteiger charge is 2.19. The molecule has 2 N–H and O–H groups in total. The van der Waals surface area contributed by atoms with Crippen molar-refractivity contribution in [1.82, 2.24) is 9.88 Å². The van der Waals surface area contributed by atoms with Gasteiger partial charge in [0.1, 0.15) is 5.69 Å². The third-order valence-electron chi connectivity index (χ3n) is 2.63. The highest BCUT2D eigenvalue weighted by molar-refractivity contribution is 7.13.